The average molecular weight is 323 g/mol. The van der Waals surface area contributed by atoms with Crippen LogP contribution in [0.15, 0.2) is 40.6 Å². The number of rotatable bonds is 7. The maximum Gasteiger partial charge on any atom is 0.222 e. The van der Waals surface area contributed by atoms with Gasteiger partial charge in [-0.05, 0) is 31.2 Å². The zero-order chi connectivity index (χ0) is 16.8. The van der Waals surface area contributed by atoms with Gasteiger partial charge in [-0.25, -0.2) is 0 Å². The molecule has 2 aliphatic rings. The summed E-state index contributed by atoms with van der Waals surface area (Å²) in [6.45, 7) is 0.877. The molecular weight excluding hydrogens is 298 g/mol. The van der Waals surface area contributed by atoms with Crippen LogP contribution in [0.2, 0.25) is 0 Å². The van der Waals surface area contributed by atoms with Gasteiger partial charge in [-0.1, -0.05) is 30.3 Å². The molecule has 1 fully saturated rings. The van der Waals surface area contributed by atoms with Gasteiger partial charge in [0.15, 0.2) is 5.66 Å². The Morgan fingerprint density at radius 3 is 2.75 bits per heavy atom. The van der Waals surface area contributed by atoms with Crippen LogP contribution in [0.3, 0.4) is 0 Å². The Kier molecular flexibility index (Phi) is 5.30. The Bertz CT molecular complexity index is 626. The van der Waals surface area contributed by atoms with Gasteiger partial charge < -0.3 is 4.90 Å². The van der Waals surface area contributed by atoms with E-state index in [0.717, 1.165) is 32.2 Å². The molecule has 24 heavy (non-hydrogen) atoms. The van der Waals surface area contributed by atoms with Gasteiger partial charge in [-0.3, -0.25) is 4.79 Å². The molecule has 0 aliphatic carbocycles. The average Bonchev–Trinajstić information content (AvgIpc) is 3.40. The molecule has 2 heterocycles. The zero-order valence-electron chi connectivity index (χ0n) is 14.2. The molecule has 1 amide bonds. The zero-order valence-corrected chi connectivity index (χ0v) is 14.2. The summed E-state index contributed by atoms with van der Waals surface area (Å²) in [5.74, 6) is 2.88. The highest BCUT2D eigenvalue weighted by Gasteiger charge is 2.40. The summed E-state index contributed by atoms with van der Waals surface area (Å²) in [5, 5.41) is 8.27. The van der Waals surface area contributed by atoms with Crippen LogP contribution in [-0.4, -0.2) is 29.1 Å². The fourth-order valence-electron chi connectivity index (χ4n) is 3.55. The van der Waals surface area contributed by atoms with Crippen molar-refractivity contribution in [2.45, 2.75) is 63.1 Å². The van der Waals surface area contributed by atoms with Crippen LogP contribution < -0.4 is 0 Å². The molecule has 0 radical (unpaired) electrons. The Morgan fingerprint density at radius 1 is 1.25 bits per heavy atom. The third-order valence-corrected chi connectivity index (χ3v) is 5.05. The van der Waals surface area contributed by atoms with E-state index in [1.54, 1.807) is 0 Å². The van der Waals surface area contributed by atoms with Crippen molar-refractivity contribution in [2.75, 3.05) is 6.54 Å². The maximum atomic E-state index is 12.7. The molecule has 0 aromatic heterocycles. The van der Waals surface area contributed by atoms with Gasteiger partial charge in [0.05, 0.1) is 0 Å². The van der Waals surface area contributed by atoms with Crippen LogP contribution in [0.1, 0.15) is 50.5 Å². The Morgan fingerprint density at radius 2 is 2.04 bits per heavy atom. The van der Waals surface area contributed by atoms with E-state index in [-0.39, 0.29) is 11.6 Å². The molecule has 0 N–H and O–H groups in total. The standard InChI is InChI=1S/C20H25N3O/c1-2-3-13-20(21-22-20)14-12-19(24)23-15-8-7-11-18(23)16-17-9-5-4-6-10-17/h1,4-6,9-10,18H,3,7-8,11-16H2. The first-order chi connectivity index (χ1) is 11.7. The van der Waals surface area contributed by atoms with E-state index >= 15 is 0 Å². The van der Waals surface area contributed by atoms with Crippen molar-refractivity contribution in [3.63, 3.8) is 0 Å². The van der Waals surface area contributed by atoms with Gasteiger partial charge in [-0.2, -0.15) is 10.2 Å². The predicted octanol–water partition coefficient (Wildman–Crippen LogP) is 3.97. The van der Waals surface area contributed by atoms with Crippen LogP contribution in [0.4, 0.5) is 0 Å². The number of terminal acetylenes is 1. The van der Waals surface area contributed by atoms with Gasteiger partial charge in [0.25, 0.3) is 0 Å². The first-order valence-electron chi connectivity index (χ1n) is 8.93. The van der Waals surface area contributed by atoms with E-state index in [0.29, 0.717) is 25.3 Å². The van der Waals surface area contributed by atoms with Crippen LogP contribution in [-0.2, 0) is 11.2 Å². The molecule has 1 atom stereocenters. The van der Waals surface area contributed by atoms with E-state index in [2.05, 4.69) is 45.3 Å². The minimum absolute atomic E-state index is 0.244. The van der Waals surface area contributed by atoms with Gasteiger partial charge >= 0.3 is 0 Å². The third kappa shape index (κ3) is 4.23. The van der Waals surface area contributed by atoms with Gasteiger partial charge in [0.1, 0.15) is 0 Å². The monoisotopic (exact) mass is 323 g/mol. The number of nitrogens with zero attached hydrogens (tertiary/aromatic N) is 3. The van der Waals surface area contributed by atoms with E-state index in [1.807, 2.05) is 6.07 Å². The van der Waals surface area contributed by atoms with Crippen molar-refractivity contribution in [3.05, 3.63) is 35.9 Å². The van der Waals surface area contributed by atoms with E-state index in [9.17, 15) is 4.79 Å². The molecule has 1 unspecified atom stereocenters. The molecule has 0 bridgehead atoms. The molecule has 3 rings (SSSR count). The van der Waals surface area contributed by atoms with E-state index in [4.69, 9.17) is 6.42 Å². The van der Waals surface area contributed by atoms with Crippen LogP contribution in [0.5, 0.6) is 0 Å². The Balaban J connectivity index is 1.55. The minimum Gasteiger partial charge on any atom is -0.339 e. The second-order valence-electron chi connectivity index (χ2n) is 6.81. The SMILES string of the molecule is C#CCCC1(CCC(=O)N2CCCCC2Cc2ccccc2)N=N1. The van der Waals surface area contributed by atoms with Crippen LogP contribution in [0, 0.1) is 12.3 Å². The fourth-order valence-corrected chi connectivity index (χ4v) is 3.55. The van der Waals surface area contributed by atoms with Crippen LogP contribution >= 0.6 is 0 Å². The smallest absolute Gasteiger partial charge is 0.222 e. The first-order valence-corrected chi connectivity index (χ1v) is 8.93. The number of amides is 1. The summed E-state index contributed by atoms with van der Waals surface area (Å²) in [6, 6.07) is 10.8. The van der Waals surface area contributed by atoms with Gasteiger partial charge in [0.2, 0.25) is 5.91 Å². The largest absolute Gasteiger partial charge is 0.339 e. The number of carbonyl (C=O) groups is 1. The molecule has 4 heteroatoms. The van der Waals surface area contributed by atoms with Gasteiger partial charge in [-0.15, -0.1) is 12.3 Å². The molecule has 1 aromatic carbocycles. The Labute approximate surface area is 144 Å². The van der Waals surface area contributed by atoms with Crippen molar-refractivity contribution in [2.24, 2.45) is 10.2 Å². The van der Waals surface area contributed by atoms with Crippen LogP contribution in [0.25, 0.3) is 0 Å². The summed E-state index contributed by atoms with van der Waals surface area (Å²) >= 11 is 0. The topological polar surface area (TPSA) is 45.0 Å². The molecule has 126 valence electrons. The second kappa shape index (κ2) is 7.61. The lowest BCUT2D eigenvalue weighted by atomic mass is 9.94. The summed E-state index contributed by atoms with van der Waals surface area (Å²) < 4.78 is 0. The molecule has 1 saturated heterocycles. The van der Waals surface area contributed by atoms with E-state index < -0.39 is 0 Å². The minimum atomic E-state index is -0.354. The number of carbonyl (C=O) groups excluding carboxylic acids is 1. The van der Waals surface area contributed by atoms with Crippen molar-refractivity contribution in [3.8, 4) is 12.3 Å². The lowest BCUT2D eigenvalue weighted by Crippen LogP contribution is -2.45. The van der Waals surface area contributed by atoms with Crippen molar-refractivity contribution < 1.29 is 4.79 Å². The number of piperidine rings is 1. The lowest BCUT2D eigenvalue weighted by Gasteiger charge is -2.36. The van der Waals surface area contributed by atoms with Crippen molar-refractivity contribution in [1.82, 2.24) is 4.90 Å². The summed E-state index contributed by atoms with van der Waals surface area (Å²) in [4.78, 5) is 14.8. The lowest BCUT2D eigenvalue weighted by molar-refractivity contribution is -0.135. The van der Waals surface area contributed by atoms with Gasteiger partial charge in [0, 0.05) is 38.3 Å². The number of benzene rings is 1. The highest BCUT2D eigenvalue weighted by atomic mass is 16.2. The molecule has 0 saturated carbocycles. The van der Waals surface area contributed by atoms with E-state index in [1.165, 1.54) is 12.0 Å². The molecule has 1 aromatic rings. The molecule has 2 aliphatic heterocycles. The molecule has 4 nitrogen and oxygen atoms in total. The van der Waals surface area contributed by atoms with Crippen molar-refractivity contribution >= 4 is 5.91 Å². The highest BCUT2D eigenvalue weighted by Crippen LogP contribution is 2.38. The Hall–Kier alpha value is -2.15. The maximum absolute atomic E-state index is 12.7. The number of hydrogen-bond acceptors (Lipinski definition) is 3. The summed E-state index contributed by atoms with van der Waals surface area (Å²) in [5.41, 5.74) is 0.951. The summed E-state index contributed by atoms with van der Waals surface area (Å²) in [7, 11) is 0. The predicted molar refractivity (Wildman–Crippen MR) is 94.4 cm³/mol. The molecular formula is C20H25N3O. The summed E-state index contributed by atoms with van der Waals surface area (Å²) in [6.07, 6.45) is 12.3. The number of hydrogen-bond donors (Lipinski definition) is 0. The van der Waals surface area contributed by atoms with Crippen molar-refractivity contribution in [1.29, 1.82) is 0 Å². The number of likely N-dealkylation sites (tertiary alicyclic amines) is 1. The quantitative estimate of drug-likeness (QED) is 0.700. The fraction of sp³-hybridized carbons (Fsp3) is 0.550. The highest BCUT2D eigenvalue weighted by molar-refractivity contribution is 5.76. The second-order valence-corrected chi connectivity index (χ2v) is 6.81. The molecule has 0 spiro atoms. The first kappa shape index (κ1) is 16.7. The third-order valence-electron chi connectivity index (χ3n) is 5.05. The normalized spacial score (nSPS) is 21.3.